The molecule has 0 aliphatic rings. The molecule has 0 aliphatic heterocycles. The van der Waals surface area contributed by atoms with Gasteiger partial charge in [0.25, 0.3) is 10.0 Å². The van der Waals surface area contributed by atoms with Gasteiger partial charge in [0, 0.05) is 19.4 Å². The average molecular weight is 281 g/mol. The van der Waals surface area contributed by atoms with E-state index >= 15 is 0 Å². The van der Waals surface area contributed by atoms with E-state index in [2.05, 4.69) is 4.98 Å². The van der Waals surface area contributed by atoms with Gasteiger partial charge in [0.1, 0.15) is 10.7 Å². The molecule has 1 aromatic carbocycles. The SMILES string of the molecule is CN(c1ccncc1)S(=O)(=O)c1ccc(F)cc1N. The topological polar surface area (TPSA) is 76.3 Å². The Hall–Kier alpha value is -2.15. The molecule has 19 heavy (non-hydrogen) atoms. The molecule has 2 rings (SSSR count). The van der Waals surface area contributed by atoms with Gasteiger partial charge in [-0.05, 0) is 30.3 Å². The minimum absolute atomic E-state index is 0.124. The number of benzene rings is 1. The molecule has 0 radical (unpaired) electrons. The van der Waals surface area contributed by atoms with Gasteiger partial charge >= 0.3 is 0 Å². The number of hydrogen-bond donors (Lipinski definition) is 1. The molecule has 0 saturated heterocycles. The molecule has 2 aromatic rings. The molecule has 5 nitrogen and oxygen atoms in total. The van der Waals surface area contributed by atoms with Crippen molar-refractivity contribution in [2.45, 2.75) is 4.90 Å². The normalized spacial score (nSPS) is 11.3. The highest BCUT2D eigenvalue weighted by Gasteiger charge is 2.23. The third-order valence-electron chi connectivity index (χ3n) is 2.64. The quantitative estimate of drug-likeness (QED) is 0.867. The van der Waals surface area contributed by atoms with Gasteiger partial charge in [-0.2, -0.15) is 0 Å². The van der Waals surface area contributed by atoms with Crippen molar-refractivity contribution in [3.8, 4) is 0 Å². The van der Waals surface area contributed by atoms with Crippen LogP contribution in [0.25, 0.3) is 0 Å². The van der Waals surface area contributed by atoms with E-state index in [1.165, 1.54) is 19.4 Å². The van der Waals surface area contributed by atoms with Crippen molar-refractivity contribution in [1.29, 1.82) is 0 Å². The largest absolute Gasteiger partial charge is 0.398 e. The highest BCUT2D eigenvalue weighted by atomic mass is 32.2. The van der Waals surface area contributed by atoms with Crippen LogP contribution in [0.1, 0.15) is 0 Å². The fourth-order valence-electron chi connectivity index (χ4n) is 1.59. The first-order valence-electron chi connectivity index (χ1n) is 5.37. The number of nitrogens with zero attached hydrogens (tertiary/aromatic N) is 2. The molecule has 0 atom stereocenters. The van der Waals surface area contributed by atoms with Crippen LogP contribution in [-0.4, -0.2) is 20.4 Å². The maximum Gasteiger partial charge on any atom is 0.266 e. The Morgan fingerprint density at radius 2 is 1.84 bits per heavy atom. The molecule has 0 aliphatic carbocycles. The minimum Gasteiger partial charge on any atom is -0.398 e. The summed E-state index contributed by atoms with van der Waals surface area (Å²) in [5.41, 5.74) is 5.88. The Kier molecular flexibility index (Phi) is 3.39. The van der Waals surface area contributed by atoms with Crippen LogP contribution in [0.15, 0.2) is 47.6 Å². The zero-order valence-electron chi connectivity index (χ0n) is 10.1. The molecule has 0 fully saturated rings. The summed E-state index contributed by atoms with van der Waals surface area (Å²) in [6, 6.07) is 6.29. The van der Waals surface area contributed by atoms with Crippen molar-refractivity contribution in [2.75, 3.05) is 17.1 Å². The van der Waals surface area contributed by atoms with Crippen LogP contribution >= 0.6 is 0 Å². The zero-order chi connectivity index (χ0) is 14.0. The molecule has 0 unspecified atom stereocenters. The second-order valence-corrected chi connectivity index (χ2v) is 5.80. The lowest BCUT2D eigenvalue weighted by atomic mass is 10.3. The van der Waals surface area contributed by atoms with Gasteiger partial charge in [0.2, 0.25) is 0 Å². The summed E-state index contributed by atoms with van der Waals surface area (Å²) in [4.78, 5) is 3.68. The van der Waals surface area contributed by atoms with Crippen LogP contribution in [-0.2, 0) is 10.0 Å². The zero-order valence-corrected chi connectivity index (χ0v) is 10.9. The fourth-order valence-corrected chi connectivity index (χ4v) is 2.89. The van der Waals surface area contributed by atoms with E-state index < -0.39 is 15.8 Å². The standard InChI is InChI=1S/C12H12FN3O2S/c1-16(10-4-6-15-7-5-10)19(17,18)12-3-2-9(13)8-11(12)14/h2-8H,14H2,1H3. The summed E-state index contributed by atoms with van der Waals surface area (Å²) >= 11 is 0. The molecule has 1 aromatic heterocycles. The van der Waals surface area contributed by atoms with Crippen molar-refractivity contribution in [2.24, 2.45) is 0 Å². The fraction of sp³-hybridized carbons (Fsp3) is 0.0833. The number of hydrogen-bond acceptors (Lipinski definition) is 4. The van der Waals surface area contributed by atoms with Crippen LogP contribution < -0.4 is 10.0 Å². The predicted molar refractivity (Wildman–Crippen MR) is 70.6 cm³/mol. The Morgan fingerprint density at radius 1 is 1.21 bits per heavy atom. The predicted octanol–water partition coefficient (Wildman–Crippen LogP) is 1.63. The number of aromatic nitrogens is 1. The average Bonchev–Trinajstić information content (AvgIpc) is 2.38. The van der Waals surface area contributed by atoms with Gasteiger partial charge in [0.05, 0.1) is 11.4 Å². The van der Waals surface area contributed by atoms with Crippen LogP contribution in [0, 0.1) is 5.82 Å². The third-order valence-corrected chi connectivity index (χ3v) is 4.50. The van der Waals surface area contributed by atoms with Crippen molar-refractivity contribution in [1.82, 2.24) is 4.98 Å². The van der Waals surface area contributed by atoms with Crippen molar-refractivity contribution < 1.29 is 12.8 Å². The molecule has 100 valence electrons. The Labute approximate surface area is 110 Å². The number of sulfonamides is 1. The van der Waals surface area contributed by atoms with E-state index in [1.54, 1.807) is 12.1 Å². The first-order valence-corrected chi connectivity index (χ1v) is 6.81. The smallest absolute Gasteiger partial charge is 0.266 e. The highest BCUT2D eigenvalue weighted by molar-refractivity contribution is 7.93. The van der Waals surface area contributed by atoms with Crippen LogP contribution in [0.2, 0.25) is 0 Å². The van der Waals surface area contributed by atoms with E-state index in [0.717, 1.165) is 22.5 Å². The first-order chi connectivity index (χ1) is 8.93. The Balaban J connectivity index is 2.48. The van der Waals surface area contributed by atoms with E-state index in [-0.39, 0.29) is 10.6 Å². The summed E-state index contributed by atoms with van der Waals surface area (Å²) in [5.74, 6) is -0.581. The summed E-state index contributed by atoms with van der Waals surface area (Å²) in [6.45, 7) is 0. The molecule has 0 spiro atoms. The lowest BCUT2D eigenvalue weighted by molar-refractivity contribution is 0.593. The van der Waals surface area contributed by atoms with E-state index in [1.807, 2.05) is 0 Å². The Morgan fingerprint density at radius 3 is 2.42 bits per heavy atom. The van der Waals surface area contributed by atoms with Gasteiger partial charge in [-0.25, -0.2) is 12.8 Å². The second-order valence-electron chi connectivity index (χ2n) is 3.86. The number of halogens is 1. The molecular weight excluding hydrogens is 269 g/mol. The monoisotopic (exact) mass is 281 g/mol. The molecular formula is C12H12FN3O2S. The number of pyridine rings is 1. The molecule has 0 saturated carbocycles. The summed E-state index contributed by atoms with van der Waals surface area (Å²) < 4.78 is 38.8. The van der Waals surface area contributed by atoms with Crippen LogP contribution in [0.5, 0.6) is 0 Å². The summed E-state index contributed by atoms with van der Waals surface area (Å²) in [7, 11) is -2.43. The van der Waals surface area contributed by atoms with Gasteiger partial charge in [-0.15, -0.1) is 0 Å². The number of nitrogens with two attached hydrogens (primary N) is 1. The van der Waals surface area contributed by atoms with Gasteiger partial charge in [0.15, 0.2) is 0 Å². The maximum atomic E-state index is 13.0. The summed E-state index contributed by atoms with van der Waals surface area (Å²) in [6.07, 6.45) is 2.96. The maximum absolute atomic E-state index is 13.0. The molecule has 0 amide bonds. The Bertz CT molecular complexity index is 689. The van der Waals surface area contributed by atoms with Crippen molar-refractivity contribution in [3.05, 3.63) is 48.5 Å². The van der Waals surface area contributed by atoms with Crippen molar-refractivity contribution >= 4 is 21.4 Å². The van der Waals surface area contributed by atoms with Crippen LogP contribution in [0.3, 0.4) is 0 Å². The van der Waals surface area contributed by atoms with Gasteiger partial charge in [-0.3, -0.25) is 9.29 Å². The first kappa shape index (κ1) is 13.3. The van der Waals surface area contributed by atoms with E-state index in [0.29, 0.717) is 5.69 Å². The highest BCUT2D eigenvalue weighted by Crippen LogP contribution is 2.25. The lowest BCUT2D eigenvalue weighted by Crippen LogP contribution is -2.27. The van der Waals surface area contributed by atoms with Gasteiger partial charge < -0.3 is 5.73 Å². The van der Waals surface area contributed by atoms with Crippen LogP contribution in [0.4, 0.5) is 15.8 Å². The van der Waals surface area contributed by atoms with E-state index in [4.69, 9.17) is 5.73 Å². The second kappa shape index (κ2) is 4.85. The minimum atomic E-state index is -3.83. The van der Waals surface area contributed by atoms with Crippen molar-refractivity contribution in [3.63, 3.8) is 0 Å². The lowest BCUT2D eigenvalue weighted by Gasteiger charge is -2.20. The summed E-state index contributed by atoms with van der Waals surface area (Å²) in [5, 5.41) is 0. The molecule has 0 bridgehead atoms. The molecule has 2 N–H and O–H groups in total. The number of rotatable bonds is 3. The number of anilines is 2. The third kappa shape index (κ3) is 2.50. The molecule has 1 heterocycles. The number of nitrogen functional groups attached to an aromatic ring is 1. The van der Waals surface area contributed by atoms with E-state index in [9.17, 15) is 12.8 Å². The van der Waals surface area contributed by atoms with Gasteiger partial charge in [-0.1, -0.05) is 0 Å². The molecule has 7 heteroatoms.